The molecular formula is C66H45BN2. The SMILES string of the molecule is CCc1cc2c(c3ccccc13)N(c1ccc3c4ccccc4c4ccccc4c3c1)c1cccc3c1B2c1cc(CC)c2ccccc2c1N3c1cccc2c3ccccc3c3ccccc3c12. The molecule has 2 aliphatic heterocycles. The van der Waals surface area contributed by atoms with Crippen molar-refractivity contribution in [1.29, 1.82) is 0 Å². The Labute approximate surface area is 401 Å². The van der Waals surface area contributed by atoms with Crippen LogP contribution in [0.4, 0.5) is 34.1 Å². The number of aryl methyl sites for hydroxylation is 2. The quantitative estimate of drug-likeness (QED) is 0.128. The molecule has 13 aromatic rings. The molecule has 2 nitrogen and oxygen atoms in total. The van der Waals surface area contributed by atoms with E-state index in [0.717, 1.165) is 18.5 Å². The lowest BCUT2D eigenvalue weighted by Crippen LogP contribution is -2.61. The lowest BCUT2D eigenvalue weighted by Gasteiger charge is -2.45. The van der Waals surface area contributed by atoms with Gasteiger partial charge in [0, 0.05) is 44.6 Å². The molecule has 0 N–H and O–H groups in total. The highest BCUT2D eigenvalue weighted by molar-refractivity contribution is 7.01. The van der Waals surface area contributed by atoms with Crippen LogP contribution in [-0.4, -0.2) is 6.71 Å². The third kappa shape index (κ3) is 5.22. The summed E-state index contributed by atoms with van der Waals surface area (Å²) in [4.78, 5) is 5.30. The number of hydrogen-bond donors (Lipinski definition) is 0. The predicted octanol–water partition coefficient (Wildman–Crippen LogP) is 16.1. The molecular weight excluding hydrogens is 832 g/mol. The van der Waals surface area contributed by atoms with Crippen LogP contribution in [0.15, 0.2) is 212 Å². The molecule has 2 heterocycles. The molecule has 0 unspecified atom stereocenters. The van der Waals surface area contributed by atoms with Crippen molar-refractivity contribution in [3.63, 3.8) is 0 Å². The minimum atomic E-state index is -0.0173. The normalized spacial score (nSPS) is 13.1. The van der Waals surface area contributed by atoms with Crippen LogP contribution >= 0.6 is 0 Å². The fourth-order valence-corrected chi connectivity index (χ4v) is 13.1. The molecule has 0 radical (unpaired) electrons. The van der Waals surface area contributed by atoms with Crippen LogP contribution in [0.2, 0.25) is 0 Å². The van der Waals surface area contributed by atoms with E-state index in [0.29, 0.717) is 0 Å². The Hall–Kier alpha value is -8.40. The summed E-state index contributed by atoms with van der Waals surface area (Å²) >= 11 is 0. The molecule has 0 saturated carbocycles. The number of fused-ring (bicyclic) bond motifs is 20. The number of hydrogen-bond acceptors (Lipinski definition) is 2. The van der Waals surface area contributed by atoms with Gasteiger partial charge in [0.1, 0.15) is 0 Å². The van der Waals surface area contributed by atoms with Gasteiger partial charge >= 0.3 is 0 Å². The van der Waals surface area contributed by atoms with E-state index in [4.69, 9.17) is 0 Å². The predicted molar refractivity (Wildman–Crippen MR) is 299 cm³/mol. The molecule has 0 bridgehead atoms. The molecule has 0 saturated heterocycles. The largest absolute Gasteiger partial charge is 0.311 e. The third-order valence-corrected chi connectivity index (χ3v) is 15.9. The summed E-state index contributed by atoms with van der Waals surface area (Å²) in [5.74, 6) is 0. The summed E-state index contributed by atoms with van der Waals surface area (Å²) in [5.41, 5.74) is 14.2. The van der Waals surface area contributed by atoms with E-state index in [1.807, 2.05) is 0 Å². The van der Waals surface area contributed by atoms with E-state index in [9.17, 15) is 0 Å². The molecule has 0 amide bonds. The van der Waals surface area contributed by atoms with Gasteiger partial charge in [0.2, 0.25) is 0 Å². The minimum Gasteiger partial charge on any atom is -0.311 e. The smallest absolute Gasteiger partial charge is 0.252 e. The Morgan fingerprint density at radius 2 is 0.667 bits per heavy atom. The molecule has 15 rings (SSSR count). The van der Waals surface area contributed by atoms with E-state index in [-0.39, 0.29) is 6.71 Å². The molecule has 2 aliphatic rings. The zero-order valence-corrected chi connectivity index (χ0v) is 38.6. The van der Waals surface area contributed by atoms with Gasteiger partial charge in [-0.05, 0) is 141 Å². The van der Waals surface area contributed by atoms with Crippen molar-refractivity contribution in [2.24, 2.45) is 0 Å². The topological polar surface area (TPSA) is 6.48 Å². The Bertz CT molecular complexity index is 4300. The van der Waals surface area contributed by atoms with Gasteiger partial charge in [-0.3, -0.25) is 0 Å². The van der Waals surface area contributed by atoms with E-state index >= 15 is 0 Å². The van der Waals surface area contributed by atoms with Crippen LogP contribution in [0.5, 0.6) is 0 Å². The number of anilines is 6. The van der Waals surface area contributed by atoms with Gasteiger partial charge in [0.25, 0.3) is 6.71 Å². The van der Waals surface area contributed by atoms with Crippen molar-refractivity contribution < 1.29 is 0 Å². The maximum Gasteiger partial charge on any atom is 0.252 e. The van der Waals surface area contributed by atoms with Crippen LogP contribution in [0.3, 0.4) is 0 Å². The third-order valence-electron chi connectivity index (χ3n) is 15.9. The molecule has 0 aromatic heterocycles. The maximum atomic E-state index is 2.67. The summed E-state index contributed by atoms with van der Waals surface area (Å²) in [5, 5.41) is 20.6. The van der Waals surface area contributed by atoms with Crippen LogP contribution in [0.1, 0.15) is 25.0 Å². The van der Waals surface area contributed by atoms with Crippen molar-refractivity contribution in [2.45, 2.75) is 26.7 Å². The molecule has 13 aromatic carbocycles. The Morgan fingerprint density at radius 3 is 1.17 bits per heavy atom. The van der Waals surface area contributed by atoms with Crippen LogP contribution in [0.25, 0.3) is 86.2 Å². The van der Waals surface area contributed by atoms with E-state index in [2.05, 4.69) is 236 Å². The summed E-state index contributed by atoms with van der Waals surface area (Å²) < 4.78 is 0. The fraction of sp³-hybridized carbons (Fsp3) is 0.0606. The molecule has 0 spiro atoms. The van der Waals surface area contributed by atoms with Gasteiger partial charge in [-0.1, -0.05) is 196 Å². The van der Waals surface area contributed by atoms with Crippen molar-refractivity contribution in [3.8, 4) is 0 Å². The molecule has 0 aliphatic carbocycles. The first-order valence-electron chi connectivity index (χ1n) is 24.7. The number of rotatable bonds is 4. The Kier molecular flexibility index (Phi) is 8.16. The summed E-state index contributed by atoms with van der Waals surface area (Å²) in [7, 11) is 0. The molecule has 69 heavy (non-hydrogen) atoms. The average Bonchev–Trinajstić information content (AvgIpc) is 3.42. The van der Waals surface area contributed by atoms with E-state index in [1.165, 1.54) is 142 Å². The van der Waals surface area contributed by atoms with Gasteiger partial charge < -0.3 is 9.80 Å². The van der Waals surface area contributed by atoms with Gasteiger partial charge in [-0.2, -0.15) is 0 Å². The maximum absolute atomic E-state index is 2.67. The molecule has 0 fully saturated rings. The first-order chi connectivity index (χ1) is 34.2. The van der Waals surface area contributed by atoms with Gasteiger partial charge in [0.05, 0.1) is 5.69 Å². The Morgan fingerprint density at radius 1 is 0.304 bits per heavy atom. The van der Waals surface area contributed by atoms with Crippen molar-refractivity contribution in [2.75, 3.05) is 9.80 Å². The fourth-order valence-electron chi connectivity index (χ4n) is 13.1. The minimum absolute atomic E-state index is 0.0173. The number of nitrogens with zero attached hydrogens (tertiary/aromatic N) is 2. The monoisotopic (exact) mass is 876 g/mol. The second-order valence-corrected chi connectivity index (χ2v) is 19.2. The summed E-state index contributed by atoms with van der Waals surface area (Å²) in [6.07, 6.45) is 1.88. The highest BCUT2D eigenvalue weighted by atomic mass is 15.2. The van der Waals surface area contributed by atoms with Crippen LogP contribution < -0.4 is 26.2 Å². The number of benzene rings is 13. The van der Waals surface area contributed by atoms with E-state index in [1.54, 1.807) is 0 Å². The highest BCUT2D eigenvalue weighted by Crippen LogP contribution is 2.51. The van der Waals surface area contributed by atoms with Gasteiger partial charge in [-0.25, -0.2) is 0 Å². The first kappa shape index (κ1) is 38.7. The zero-order chi connectivity index (χ0) is 45.5. The van der Waals surface area contributed by atoms with Gasteiger partial charge in [0.15, 0.2) is 0 Å². The Balaban J connectivity index is 1.11. The van der Waals surface area contributed by atoms with Crippen molar-refractivity contribution in [3.05, 3.63) is 223 Å². The molecule has 0 atom stereocenters. The summed E-state index contributed by atoms with van der Waals surface area (Å²) in [6, 6.07) is 80.8. The second kappa shape index (κ2) is 14.6. The average molecular weight is 877 g/mol. The van der Waals surface area contributed by atoms with E-state index < -0.39 is 0 Å². The standard InChI is InChI=1S/C66H45BN2/c1-3-40-37-58-65(55-29-15-5-19-43(40)55)68(42-35-36-52-47-23-8-7-21-45(47)46-22-10-12-27-51(46)57(52)39-42)61-33-18-34-62-64(61)67(58)59-38-41(4-2)44-20-6-16-30-56(44)66(59)69(62)60-32-17-31-54-50-25-11-9-24-48(50)49-26-13-14-28-53(49)63(54)60/h5-39H,3-4H2,1-2H3. The highest BCUT2D eigenvalue weighted by Gasteiger charge is 2.45. The lowest BCUT2D eigenvalue weighted by molar-refractivity contribution is 1.16. The lowest BCUT2D eigenvalue weighted by atomic mass is 9.33. The second-order valence-electron chi connectivity index (χ2n) is 19.2. The van der Waals surface area contributed by atoms with Crippen molar-refractivity contribution in [1.82, 2.24) is 0 Å². The summed E-state index contributed by atoms with van der Waals surface area (Å²) in [6.45, 7) is 4.62. The zero-order valence-electron chi connectivity index (χ0n) is 38.6. The molecule has 3 heteroatoms. The molecule has 322 valence electrons. The van der Waals surface area contributed by atoms with Crippen molar-refractivity contribution >= 4 is 143 Å². The van der Waals surface area contributed by atoms with Crippen LogP contribution in [-0.2, 0) is 12.8 Å². The first-order valence-corrected chi connectivity index (χ1v) is 24.7. The van der Waals surface area contributed by atoms with Gasteiger partial charge in [-0.15, -0.1) is 0 Å². The van der Waals surface area contributed by atoms with Crippen LogP contribution in [0, 0.1) is 0 Å².